The highest BCUT2D eigenvalue weighted by Gasteiger charge is 2.17. The SMILES string of the molecule is CC[C@@H](O)c1ccc(N2CCNC(=O)C2)cn1. The number of nitrogens with one attached hydrogen (secondary N) is 1. The number of nitrogens with zero attached hydrogens (tertiary/aromatic N) is 2. The highest BCUT2D eigenvalue weighted by Crippen LogP contribution is 2.18. The summed E-state index contributed by atoms with van der Waals surface area (Å²) in [5.41, 5.74) is 1.60. The van der Waals surface area contributed by atoms with E-state index >= 15 is 0 Å². The van der Waals surface area contributed by atoms with Gasteiger partial charge in [-0.25, -0.2) is 0 Å². The Morgan fingerprint density at radius 3 is 3.00 bits per heavy atom. The lowest BCUT2D eigenvalue weighted by molar-refractivity contribution is -0.120. The van der Waals surface area contributed by atoms with E-state index in [-0.39, 0.29) is 5.91 Å². The van der Waals surface area contributed by atoms with Crippen molar-refractivity contribution in [2.24, 2.45) is 0 Å². The van der Waals surface area contributed by atoms with E-state index in [2.05, 4.69) is 10.3 Å². The Morgan fingerprint density at radius 1 is 1.59 bits per heavy atom. The summed E-state index contributed by atoms with van der Waals surface area (Å²) in [5, 5.41) is 12.4. The molecule has 1 aliphatic heterocycles. The quantitative estimate of drug-likeness (QED) is 0.799. The molecule has 0 aromatic carbocycles. The summed E-state index contributed by atoms with van der Waals surface area (Å²) in [6.45, 7) is 3.74. The van der Waals surface area contributed by atoms with Crippen LogP contribution in [-0.4, -0.2) is 35.6 Å². The van der Waals surface area contributed by atoms with Crippen LogP contribution in [0.5, 0.6) is 0 Å². The highest BCUT2D eigenvalue weighted by molar-refractivity contribution is 5.82. The van der Waals surface area contributed by atoms with E-state index in [0.717, 1.165) is 12.2 Å². The molecule has 2 rings (SSSR count). The van der Waals surface area contributed by atoms with Gasteiger partial charge in [-0.3, -0.25) is 9.78 Å². The van der Waals surface area contributed by atoms with Gasteiger partial charge < -0.3 is 15.3 Å². The zero-order valence-corrected chi connectivity index (χ0v) is 9.89. The molecule has 92 valence electrons. The molecule has 5 nitrogen and oxygen atoms in total. The third kappa shape index (κ3) is 2.74. The lowest BCUT2D eigenvalue weighted by atomic mass is 10.2. The van der Waals surface area contributed by atoms with E-state index in [1.807, 2.05) is 24.0 Å². The number of anilines is 1. The van der Waals surface area contributed by atoms with E-state index < -0.39 is 6.10 Å². The molecule has 1 atom stereocenters. The number of hydrogen-bond donors (Lipinski definition) is 2. The minimum Gasteiger partial charge on any atom is -0.387 e. The predicted molar refractivity (Wildman–Crippen MR) is 64.7 cm³/mol. The summed E-state index contributed by atoms with van der Waals surface area (Å²) < 4.78 is 0. The lowest BCUT2D eigenvalue weighted by Crippen LogP contribution is -2.47. The first-order valence-corrected chi connectivity index (χ1v) is 5.86. The summed E-state index contributed by atoms with van der Waals surface area (Å²) in [6.07, 6.45) is 1.86. The number of piperazine rings is 1. The maximum atomic E-state index is 11.3. The van der Waals surface area contributed by atoms with Gasteiger partial charge in [0.1, 0.15) is 0 Å². The molecule has 1 amide bonds. The number of carbonyl (C=O) groups excluding carboxylic acids is 1. The molecule has 0 radical (unpaired) electrons. The van der Waals surface area contributed by atoms with Crippen LogP contribution in [-0.2, 0) is 4.79 Å². The molecule has 1 aromatic heterocycles. The molecule has 1 fully saturated rings. The standard InChI is InChI=1S/C12H17N3O2/c1-2-11(16)10-4-3-9(7-14-10)15-6-5-13-12(17)8-15/h3-4,7,11,16H,2,5-6,8H2,1H3,(H,13,17)/t11-/m1/s1. The van der Waals surface area contributed by atoms with Gasteiger partial charge in [-0.1, -0.05) is 6.92 Å². The third-order valence-corrected chi connectivity index (χ3v) is 2.90. The topological polar surface area (TPSA) is 65.5 Å². The van der Waals surface area contributed by atoms with Crippen LogP contribution in [0.1, 0.15) is 25.1 Å². The maximum absolute atomic E-state index is 11.3. The van der Waals surface area contributed by atoms with Crippen LogP contribution in [0, 0.1) is 0 Å². The Balaban J connectivity index is 2.09. The van der Waals surface area contributed by atoms with Crippen molar-refractivity contribution in [3.8, 4) is 0 Å². The van der Waals surface area contributed by atoms with Gasteiger partial charge in [0.15, 0.2) is 0 Å². The third-order valence-electron chi connectivity index (χ3n) is 2.90. The molecule has 1 saturated heterocycles. The van der Waals surface area contributed by atoms with Gasteiger partial charge in [0.2, 0.25) is 5.91 Å². The Morgan fingerprint density at radius 2 is 2.41 bits per heavy atom. The first-order valence-electron chi connectivity index (χ1n) is 5.86. The fourth-order valence-electron chi connectivity index (χ4n) is 1.85. The van der Waals surface area contributed by atoms with E-state index in [0.29, 0.717) is 25.2 Å². The van der Waals surface area contributed by atoms with Gasteiger partial charge in [0.25, 0.3) is 0 Å². The van der Waals surface area contributed by atoms with Crippen LogP contribution in [0.4, 0.5) is 5.69 Å². The molecule has 0 aliphatic carbocycles. The van der Waals surface area contributed by atoms with E-state index in [9.17, 15) is 9.90 Å². The van der Waals surface area contributed by atoms with Crippen molar-refractivity contribution in [1.82, 2.24) is 10.3 Å². The van der Waals surface area contributed by atoms with Gasteiger partial charge in [-0.15, -0.1) is 0 Å². The number of carbonyl (C=O) groups is 1. The van der Waals surface area contributed by atoms with Crippen molar-refractivity contribution in [1.29, 1.82) is 0 Å². The van der Waals surface area contributed by atoms with E-state index in [4.69, 9.17) is 0 Å². The number of aliphatic hydroxyl groups excluding tert-OH is 1. The second kappa shape index (κ2) is 5.14. The van der Waals surface area contributed by atoms with Crippen molar-refractivity contribution < 1.29 is 9.90 Å². The molecule has 0 bridgehead atoms. The summed E-state index contributed by atoms with van der Waals surface area (Å²) >= 11 is 0. The highest BCUT2D eigenvalue weighted by atomic mass is 16.3. The number of hydrogen-bond acceptors (Lipinski definition) is 4. The fourth-order valence-corrected chi connectivity index (χ4v) is 1.85. The monoisotopic (exact) mass is 235 g/mol. The summed E-state index contributed by atoms with van der Waals surface area (Å²) in [7, 11) is 0. The van der Waals surface area contributed by atoms with Crippen LogP contribution >= 0.6 is 0 Å². The molecule has 2 heterocycles. The van der Waals surface area contributed by atoms with Gasteiger partial charge >= 0.3 is 0 Å². The maximum Gasteiger partial charge on any atom is 0.239 e. The largest absolute Gasteiger partial charge is 0.387 e. The molecule has 17 heavy (non-hydrogen) atoms. The Labute approximate surface area is 100 Å². The van der Waals surface area contributed by atoms with Crippen molar-refractivity contribution in [3.05, 3.63) is 24.0 Å². The number of aliphatic hydroxyl groups is 1. The average molecular weight is 235 g/mol. The van der Waals surface area contributed by atoms with Crippen LogP contribution in [0.2, 0.25) is 0 Å². The molecule has 2 N–H and O–H groups in total. The van der Waals surface area contributed by atoms with Crippen molar-refractivity contribution >= 4 is 11.6 Å². The Hall–Kier alpha value is -1.62. The average Bonchev–Trinajstić information content (AvgIpc) is 2.38. The lowest BCUT2D eigenvalue weighted by Gasteiger charge is -2.28. The van der Waals surface area contributed by atoms with Gasteiger partial charge in [-0.05, 0) is 18.6 Å². The summed E-state index contributed by atoms with van der Waals surface area (Å²) in [5.74, 6) is 0.0360. The van der Waals surface area contributed by atoms with E-state index in [1.165, 1.54) is 0 Å². The van der Waals surface area contributed by atoms with Crippen LogP contribution < -0.4 is 10.2 Å². The number of aromatic nitrogens is 1. The van der Waals surface area contributed by atoms with Crippen molar-refractivity contribution in [3.63, 3.8) is 0 Å². The molecule has 0 saturated carbocycles. The summed E-state index contributed by atoms with van der Waals surface area (Å²) in [6, 6.07) is 3.72. The molecule has 0 unspecified atom stereocenters. The molecule has 0 spiro atoms. The molecule has 1 aliphatic rings. The zero-order chi connectivity index (χ0) is 12.3. The van der Waals surface area contributed by atoms with Gasteiger partial charge in [-0.2, -0.15) is 0 Å². The van der Waals surface area contributed by atoms with Gasteiger partial charge in [0, 0.05) is 13.1 Å². The molecular weight excluding hydrogens is 218 g/mol. The minimum atomic E-state index is -0.506. The Bertz CT molecular complexity index is 391. The minimum absolute atomic E-state index is 0.0360. The van der Waals surface area contributed by atoms with E-state index in [1.54, 1.807) is 6.20 Å². The molecule has 1 aromatic rings. The fraction of sp³-hybridized carbons (Fsp3) is 0.500. The predicted octanol–water partition coefficient (Wildman–Crippen LogP) is 0.461. The first kappa shape index (κ1) is 11.9. The van der Waals surface area contributed by atoms with Crippen LogP contribution in [0.3, 0.4) is 0 Å². The zero-order valence-electron chi connectivity index (χ0n) is 9.89. The second-order valence-corrected chi connectivity index (χ2v) is 4.14. The van der Waals surface area contributed by atoms with Crippen LogP contribution in [0.15, 0.2) is 18.3 Å². The molecule has 5 heteroatoms. The summed E-state index contributed by atoms with van der Waals surface area (Å²) in [4.78, 5) is 17.5. The molecular formula is C12H17N3O2. The first-order chi connectivity index (χ1) is 8.20. The number of pyridine rings is 1. The Kier molecular flexibility index (Phi) is 3.58. The van der Waals surface area contributed by atoms with Crippen LogP contribution in [0.25, 0.3) is 0 Å². The second-order valence-electron chi connectivity index (χ2n) is 4.14. The number of amides is 1. The van der Waals surface area contributed by atoms with Crippen molar-refractivity contribution in [2.75, 3.05) is 24.5 Å². The smallest absolute Gasteiger partial charge is 0.239 e. The number of rotatable bonds is 3. The van der Waals surface area contributed by atoms with Gasteiger partial charge in [0.05, 0.1) is 30.2 Å². The van der Waals surface area contributed by atoms with Crippen molar-refractivity contribution in [2.45, 2.75) is 19.4 Å². The normalized spacial score (nSPS) is 17.8.